The second-order valence-corrected chi connectivity index (χ2v) is 4.86. The zero-order chi connectivity index (χ0) is 14.6. The van der Waals surface area contributed by atoms with Crippen molar-refractivity contribution in [2.45, 2.75) is 31.3 Å². The molecule has 1 saturated carbocycles. The lowest BCUT2D eigenvalue weighted by atomic mass is 9.77. The molecule has 2 amide bonds. The topological polar surface area (TPSA) is 102 Å². The van der Waals surface area contributed by atoms with Crippen molar-refractivity contribution in [1.82, 2.24) is 10.6 Å². The molecular formula is C14H15N3O3. The Morgan fingerprint density at radius 3 is 2.40 bits per heavy atom. The van der Waals surface area contributed by atoms with E-state index in [0.717, 1.165) is 12.0 Å². The third-order valence-corrected chi connectivity index (χ3v) is 3.51. The van der Waals surface area contributed by atoms with E-state index in [1.54, 1.807) is 24.3 Å². The molecule has 0 saturated heterocycles. The molecule has 0 aromatic heterocycles. The molecular weight excluding hydrogens is 258 g/mol. The number of amides is 2. The molecule has 0 heterocycles. The molecule has 104 valence electrons. The summed E-state index contributed by atoms with van der Waals surface area (Å²) in [5.41, 5.74) is 0.295. The van der Waals surface area contributed by atoms with Crippen molar-refractivity contribution < 1.29 is 14.7 Å². The number of nitrogens with one attached hydrogen (secondary N) is 2. The Bertz CT molecular complexity index is 556. The SMILES string of the molecule is N#Cc1ccc(CNC(=O)NC2(C(=O)O)CCC2)cc1. The summed E-state index contributed by atoms with van der Waals surface area (Å²) in [7, 11) is 0. The van der Waals surface area contributed by atoms with Crippen LogP contribution in [0.25, 0.3) is 0 Å². The number of nitriles is 1. The average Bonchev–Trinajstić information content (AvgIpc) is 2.40. The standard InChI is InChI=1S/C14H15N3O3/c15-8-10-2-4-11(5-3-10)9-16-13(20)17-14(12(18)19)6-1-7-14/h2-5H,1,6-7,9H2,(H,18,19)(H2,16,17,20). The van der Waals surface area contributed by atoms with Crippen LogP contribution in [0.4, 0.5) is 4.79 Å². The fourth-order valence-electron chi connectivity index (χ4n) is 2.06. The minimum atomic E-state index is -1.10. The second kappa shape index (κ2) is 5.61. The monoisotopic (exact) mass is 273 g/mol. The van der Waals surface area contributed by atoms with Crippen LogP contribution in [-0.4, -0.2) is 22.6 Å². The molecule has 0 unspecified atom stereocenters. The molecule has 1 aliphatic carbocycles. The van der Waals surface area contributed by atoms with Gasteiger partial charge in [-0.2, -0.15) is 5.26 Å². The van der Waals surface area contributed by atoms with E-state index in [0.29, 0.717) is 18.4 Å². The summed E-state index contributed by atoms with van der Waals surface area (Å²) in [5.74, 6) is -0.989. The molecule has 1 aromatic carbocycles. The lowest BCUT2D eigenvalue weighted by Gasteiger charge is -2.38. The molecule has 0 aliphatic heterocycles. The first kappa shape index (κ1) is 13.9. The summed E-state index contributed by atoms with van der Waals surface area (Å²) < 4.78 is 0. The number of urea groups is 1. The van der Waals surface area contributed by atoms with Crippen molar-refractivity contribution >= 4 is 12.0 Å². The Labute approximate surface area is 116 Å². The molecule has 0 bridgehead atoms. The third-order valence-electron chi connectivity index (χ3n) is 3.51. The highest BCUT2D eigenvalue weighted by molar-refractivity contribution is 5.87. The number of aliphatic carboxylic acids is 1. The molecule has 0 radical (unpaired) electrons. The van der Waals surface area contributed by atoms with E-state index in [-0.39, 0.29) is 6.54 Å². The normalized spacial score (nSPS) is 15.6. The summed E-state index contributed by atoms with van der Waals surface area (Å²) in [5, 5.41) is 22.9. The molecule has 1 aromatic rings. The van der Waals surface area contributed by atoms with E-state index in [4.69, 9.17) is 10.4 Å². The first-order valence-corrected chi connectivity index (χ1v) is 6.34. The predicted molar refractivity (Wildman–Crippen MR) is 70.7 cm³/mol. The quantitative estimate of drug-likeness (QED) is 0.770. The zero-order valence-electron chi connectivity index (χ0n) is 10.8. The number of carbonyl (C=O) groups is 2. The van der Waals surface area contributed by atoms with Crippen LogP contribution in [0.1, 0.15) is 30.4 Å². The summed E-state index contributed by atoms with van der Waals surface area (Å²) in [6, 6.07) is 8.35. The van der Waals surface area contributed by atoms with Gasteiger partial charge in [0.2, 0.25) is 0 Å². The number of rotatable bonds is 4. The van der Waals surface area contributed by atoms with Gasteiger partial charge in [0.25, 0.3) is 0 Å². The number of hydrogen-bond donors (Lipinski definition) is 3. The minimum Gasteiger partial charge on any atom is -0.480 e. The van der Waals surface area contributed by atoms with Crippen molar-refractivity contribution in [3.63, 3.8) is 0 Å². The Kier molecular flexibility index (Phi) is 3.89. The van der Waals surface area contributed by atoms with Gasteiger partial charge in [-0.1, -0.05) is 12.1 Å². The lowest BCUT2D eigenvalue weighted by molar-refractivity contribution is -0.148. The van der Waals surface area contributed by atoms with Crippen molar-refractivity contribution in [1.29, 1.82) is 5.26 Å². The Balaban J connectivity index is 1.86. The van der Waals surface area contributed by atoms with Crippen LogP contribution in [0.2, 0.25) is 0 Å². The van der Waals surface area contributed by atoms with E-state index >= 15 is 0 Å². The van der Waals surface area contributed by atoms with E-state index in [1.165, 1.54) is 0 Å². The first-order valence-electron chi connectivity index (χ1n) is 6.34. The summed E-state index contributed by atoms with van der Waals surface area (Å²) in [6.45, 7) is 0.285. The molecule has 1 aliphatic rings. The predicted octanol–water partition coefficient (Wildman–Crippen LogP) is 1.36. The van der Waals surface area contributed by atoms with Crippen molar-refractivity contribution in [3.8, 4) is 6.07 Å². The maximum Gasteiger partial charge on any atom is 0.329 e. The van der Waals surface area contributed by atoms with Crippen molar-refractivity contribution in [2.75, 3.05) is 0 Å². The van der Waals surface area contributed by atoms with Crippen LogP contribution in [0, 0.1) is 11.3 Å². The fraction of sp³-hybridized carbons (Fsp3) is 0.357. The second-order valence-electron chi connectivity index (χ2n) is 4.86. The van der Waals surface area contributed by atoms with Crippen molar-refractivity contribution in [3.05, 3.63) is 35.4 Å². The van der Waals surface area contributed by atoms with E-state index < -0.39 is 17.5 Å². The van der Waals surface area contributed by atoms with Gasteiger partial charge in [0.1, 0.15) is 5.54 Å². The fourth-order valence-corrected chi connectivity index (χ4v) is 2.06. The van der Waals surface area contributed by atoms with Gasteiger partial charge in [-0.3, -0.25) is 0 Å². The van der Waals surface area contributed by atoms with E-state index in [2.05, 4.69) is 10.6 Å². The Hall–Kier alpha value is -2.55. The molecule has 20 heavy (non-hydrogen) atoms. The highest BCUT2D eigenvalue weighted by Gasteiger charge is 2.45. The van der Waals surface area contributed by atoms with Crippen LogP contribution in [0.5, 0.6) is 0 Å². The highest BCUT2D eigenvalue weighted by atomic mass is 16.4. The van der Waals surface area contributed by atoms with Gasteiger partial charge in [-0.15, -0.1) is 0 Å². The van der Waals surface area contributed by atoms with Crippen LogP contribution >= 0.6 is 0 Å². The number of carboxylic acid groups (broad SMARTS) is 1. The first-order chi connectivity index (χ1) is 9.55. The smallest absolute Gasteiger partial charge is 0.329 e. The number of benzene rings is 1. The summed E-state index contributed by atoms with van der Waals surface area (Å²) in [6.07, 6.45) is 1.74. The molecule has 3 N–H and O–H groups in total. The van der Waals surface area contributed by atoms with Gasteiger partial charge in [-0.25, -0.2) is 9.59 Å². The van der Waals surface area contributed by atoms with E-state index in [9.17, 15) is 9.59 Å². The van der Waals surface area contributed by atoms with Crippen LogP contribution in [0.3, 0.4) is 0 Å². The van der Waals surface area contributed by atoms with Crippen molar-refractivity contribution in [2.24, 2.45) is 0 Å². The van der Waals surface area contributed by atoms with Gasteiger partial charge in [0.05, 0.1) is 11.6 Å². The molecule has 2 rings (SSSR count). The van der Waals surface area contributed by atoms with Crippen LogP contribution in [-0.2, 0) is 11.3 Å². The van der Waals surface area contributed by atoms with Gasteiger partial charge in [-0.05, 0) is 37.0 Å². The summed E-state index contributed by atoms with van der Waals surface area (Å²) in [4.78, 5) is 22.8. The Morgan fingerprint density at radius 2 is 1.95 bits per heavy atom. The third kappa shape index (κ3) is 2.88. The minimum absolute atomic E-state index is 0.285. The summed E-state index contributed by atoms with van der Waals surface area (Å²) >= 11 is 0. The van der Waals surface area contributed by atoms with Crippen LogP contribution in [0.15, 0.2) is 24.3 Å². The maximum atomic E-state index is 11.7. The van der Waals surface area contributed by atoms with Gasteiger partial charge < -0.3 is 15.7 Å². The molecule has 6 nitrogen and oxygen atoms in total. The number of carbonyl (C=O) groups excluding carboxylic acids is 1. The number of hydrogen-bond acceptors (Lipinski definition) is 3. The maximum absolute atomic E-state index is 11.7. The number of carboxylic acids is 1. The molecule has 6 heteroatoms. The van der Waals surface area contributed by atoms with Gasteiger partial charge >= 0.3 is 12.0 Å². The van der Waals surface area contributed by atoms with Gasteiger partial charge in [0.15, 0.2) is 0 Å². The van der Waals surface area contributed by atoms with Gasteiger partial charge in [0, 0.05) is 6.54 Å². The highest BCUT2D eigenvalue weighted by Crippen LogP contribution is 2.31. The average molecular weight is 273 g/mol. The number of nitrogens with zero attached hydrogens (tertiary/aromatic N) is 1. The largest absolute Gasteiger partial charge is 0.480 e. The molecule has 0 spiro atoms. The zero-order valence-corrected chi connectivity index (χ0v) is 10.8. The molecule has 0 atom stereocenters. The molecule has 1 fully saturated rings. The Morgan fingerprint density at radius 1 is 1.30 bits per heavy atom. The lowest BCUT2D eigenvalue weighted by Crippen LogP contribution is -2.61. The van der Waals surface area contributed by atoms with Crippen LogP contribution < -0.4 is 10.6 Å². The van der Waals surface area contributed by atoms with E-state index in [1.807, 2.05) is 6.07 Å².